The first-order valence-electron chi connectivity index (χ1n) is 8.99. The van der Waals surface area contributed by atoms with Crippen LogP contribution in [0.5, 0.6) is 0 Å². The molecule has 0 aromatic heterocycles. The van der Waals surface area contributed by atoms with E-state index in [4.69, 9.17) is 0 Å². The van der Waals surface area contributed by atoms with E-state index in [1.165, 1.54) is 0 Å². The molecule has 2 heteroatoms. The highest BCUT2D eigenvalue weighted by molar-refractivity contribution is 5.92. The van der Waals surface area contributed by atoms with Gasteiger partial charge in [-0.25, -0.2) is 0 Å². The van der Waals surface area contributed by atoms with E-state index in [0.29, 0.717) is 5.57 Å². The molecule has 0 N–H and O–H groups in total. The summed E-state index contributed by atoms with van der Waals surface area (Å²) >= 11 is 0. The third-order valence-corrected chi connectivity index (χ3v) is 4.79. The number of hydrogen-bond donors (Lipinski definition) is 0. The normalized spacial score (nSPS) is 10.1. The minimum Gasteiger partial charge on any atom is -0.192 e. The van der Waals surface area contributed by atoms with Crippen molar-refractivity contribution in [3.05, 3.63) is 114 Å². The first-order valence-corrected chi connectivity index (χ1v) is 8.99. The Kier molecular flexibility index (Phi) is 4.70. The van der Waals surface area contributed by atoms with Gasteiger partial charge >= 0.3 is 0 Å². The van der Waals surface area contributed by atoms with Gasteiger partial charge in [0.2, 0.25) is 0 Å². The molecule has 0 aliphatic rings. The molecule has 0 unspecified atom stereocenters. The summed E-state index contributed by atoms with van der Waals surface area (Å²) < 4.78 is 0. The average molecular weight is 356 g/mol. The fraction of sp³-hybridized carbons (Fsp3) is 0. The zero-order valence-electron chi connectivity index (χ0n) is 15.1. The third-order valence-electron chi connectivity index (χ3n) is 4.79. The molecule has 4 aromatic carbocycles. The van der Waals surface area contributed by atoms with Gasteiger partial charge in [0, 0.05) is 5.57 Å². The summed E-state index contributed by atoms with van der Waals surface area (Å²) in [6, 6.07) is 36.3. The van der Waals surface area contributed by atoms with Crippen molar-refractivity contribution in [2.24, 2.45) is 0 Å². The van der Waals surface area contributed by atoms with Gasteiger partial charge < -0.3 is 0 Å². The van der Waals surface area contributed by atoms with Crippen LogP contribution >= 0.6 is 0 Å². The predicted octanol–water partition coefficient (Wildman–Crippen LogP) is 6.36. The number of hydrogen-bond acceptors (Lipinski definition) is 2. The first-order chi connectivity index (χ1) is 13.8. The molecule has 0 fully saturated rings. The third kappa shape index (κ3) is 3.28. The van der Waals surface area contributed by atoms with Gasteiger partial charge in [-0.05, 0) is 39.1 Å². The number of rotatable bonds is 3. The standard InChI is InChI=1S/C26H16N2/c27-17-25(18-28)26(24-15-12-20-8-4-5-9-23(20)16-24)22-13-10-21(11-14-22)19-6-2-1-3-7-19/h1-16H. The summed E-state index contributed by atoms with van der Waals surface area (Å²) in [5.74, 6) is 0. The van der Waals surface area contributed by atoms with Gasteiger partial charge in [-0.15, -0.1) is 0 Å². The van der Waals surface area contributed by atoms with Gasteiger partial charge in [0.05, 0.1) is 0 Å². The van der Waals surface area contributed by atoms with E-state index in [1.807, 2.05) is 84.9 Å². The number of benzene rings is 4. The van der Waals surface area contributed by atoms with Crippen LogP contribution in [0.4, 0.5) is 0 Å². The van der Waals surface area contributed by atoms with E-state index >= 15 is 0 Å². The highest BCUT2D eigenvalue weighted by Crippen LogP contribution is 2.31. The van der Waals surface area contributed by atoms with Crippen LogP contribution in [0.3, 0.4) is 0 Å². The van der Waals surface area contributed by atoms with E-state index in [9.17, 15) is 10.5 Å². The lowest BCUT2D eigenvalue weighted by Gasteiger charge is -2.11. The summed E-state index contributed by atoms with van der Waals surface area (Å²) in [5, 5.41) is 21.3. The van der Waals surface area contributed by atoms with Crippen LogP contribution in [0.1, 0.15) is 11.1 Å². The molecule has 2 nitrogen and oxygen atoms in total. The number of allylic oxidation sites excluding steroid dienone is 1. The van der Waals surface area contributed by atoms with Crippen molar-refractivity contribution in [2.75, 3.05) is 0 Å². The van der Waals surface area contributed by atoms with E-state index in [0.717, 1.165) is 33.0 Å². The first kappa shape index (κ1) is 17.3. The average Bonchev–Trinajstić information content (AvgIpc) is 2.78. The highest BCUT2D eigenvalue weighted by Gasteiger charge is 2.13. The molecule has 130 valence electrons. The Labute approximate surface area is 164 Å². The number of fused-ring (bicyclic) bond motifs is 1. The number of nitrogens with zero attached hydrogens (tertiary/aromatic N) is 2. The largest absolute Gasteiger partial charge is 0.192 e. The Hall–Kier alpha value is -4.14. The van der Waals surface area contributed by atoms with Crippen LogP contribution in [0.2, 0.25) is 0 Å². The van der Waals surface area contributed by atoms with Gasteiger partial charge in [-0.2, -0.15) is 10.5 Å². The molecule has 0 spiro atoms. The lowest BCUT2D eigenvalue weighted by atomic mass is 9.91. The second-order valence-electron chi connectivity index (χ2n) is 6.48. The topological polar surface area (TPSA) is 47.6 Å². The van der Waals surface area contributed by atoms with Crippen LogP contribution in [0, 0.1) is 22.7 Å². The van der Waals surface area contributed by atoms with E-state index in [-0.39, 0.29) is 5.57 Å². The van der Waals surface area contributed by atoms with Gasteiger partial charge in [0.1, 0.15) is 17.7 Å². The summed E-state index contributed by atoms with van der Waals surface area (Å²) in [4.78, 5) is 0. The van der Waals surface area contributed by atoms with E-state index < -0.39 is 0 Å². The van der Waals surface area contributed by atoms with Gasteiger partial charge in [-0.3, -0.25) is 0 Å². The second kappa shape index (κ2) is 7.62. The highest BCUT2D eigenvalue weighted by atomic mass is 14.3. The smallest absolute Gasteiger partial charge is 0.138 e. The van der Waals surface area contributed by atoms with Crippen molar-refractivity contribution in [3.8, 4) is 23.3 Å². The van der Waals surface area contributed by atoms with Gasteiger partial charge in [-0.1, -0.05) is 91.0 Å². The van der Waals surface area contributed by atoms with Crippen molar-refractivity contribution in [2.45, 2.75) is 0 Å². The zero-order chi connectivity index (χ0) is 19.3. The lowest BCUT2D eigenvalue weighted by Crippen LogP contribution is -1.93. The molecule has 0 bridgehead atoms. The Balaban J connectivity index is 1.85. The fourth-order valence-corrected chi connectivity index (χ4v) is 3.40. The summed E-state index contributed by atoms with van der Waals surface area (Å²) in [6.45, 7) is 0. The predicted molar refractivity (Wildman–Crippen MR) is 113 cm³/mol. The minimum atomic E-state index is 0.114. The monoisotopic (exact) mass is 356 g/mol. The van der Waals surface area contributed by atoms with Crippen LogP contribution in [0.15, 0.2) is 103 Å². The van der Waals surface area contributed by atoms with Crippen molar-refractivity contribution in [1.82, 2.24) is 0 Å². The van der Waals surface area contributed by atoms with Crippen LogP contribution in [-0.2, 0) is 0 Å². The molecule has 0 aliphatic carbocycles. The second-order valence-corrected chi connectivity index (χ2v) is 6.48. The molecular weight excluding hydrogens is 340 g/mol. The Bertz CT molecular complexity index is 1240. The van der Waals surface area contributed by atoms with Crippen molar-refractivity contribution in [1.29, 1.82) is 10.5 Å². The van der Waals surface area contributed by atoms with E-state index in [2.05, 4.69) is 24.3 Å². The van der Waals surface area contributed by atoms with Crippen molar-refractivity contribution >= 4 is 16.3 Å². The van der Waals surface area contributed by atoms with Gasteiger partial charge in [0.15, 0.2) is 0 Å². The molecule has 0 heterocycles. The van der Waals surface area contributed by atoms with Crippen LogP contribution in [-0.4, -0.2) is 0 Å². The minimum absolute atomic E-state index is 0.114. The Morgan fingerprint density at radius 2 is 1.11 bits per heavy atom. The lowest BCUT2D eigenvalue weighted by molar-refractivity contribution is 1.45. The molecule has 28 heavy (non-hydrogen) atoms. The van der Waals surface area contributed by atoms with Crippen LogP contribution < -0.4 is 0 Å². The molecular formula is C26H16N2. The quantitative estimate of drug-likeness (QED) is 0.401. The van der Waals surface area contributed by atoms with Crippen LogP contribution in [0.25, 0.3) is 27.5 Å². The Morgan fingerprint density at radius 1 is 0.536 bits per heavy atom. The molecule has 0 saturated carbocycles. The van der Waals surface area contributed by atoms with Crippen molar-refractivity contribution in [3.63, 3.8) is 0 Å². The Morgan fingerprint density at radius 3 is 1.79 bits per heavy atom. The molecule has 0 aliphatic heterocycles. The SMILES string of the molecule is N#CC(C#N)=C(c1ccc(-c2ccccc2)cc1)c1ccc2ccccc2c1. The zero-order valence-corrected chi connectivity index (χ0v) is 15.1. The van der Waals surface area contributed by atoms with Crippen molar-refractivity contribution < 1.29 is 0 Å². The fourth-order valence-electron chi connectivity index (χ4n) is 3.40. The molecule has 0 saturated heterocycles. The number of nitriles is 2. The summed E-state index contributed by atoms with van der Waals surface area (Å²) in [7, 11) is 0. The summed E-state index contributed by atoms with van der Waals surface area (Å²) in [6.07, 6.45) is 0. The molecule has 0 radical (unpaired) electrons. The van der Waals surface area contributed by atoms with Gasteiger partial charge in [0.25, 0.3) is 0 Å². The molecule has 0 amide bonds. The molecule has 4 aromatic rings. The summed E-state index contributed by atoms with van der Waals surface area (Å²) in [5.41, 5.74) is 4.72. The molecule has 0 atom stereocenters. The van der Waals surface area contributed by atoms with E-state index in [1.54, 1.807) is 0 Å². The maximum atomic E-state index is 9.53. The maximum absolute atomic E-state index is 9.53. The maximum Gasteiger partial charge on any atom is 0.138 e. The molecule has 4 rings (SSSR count).